The molecule has 1 saturated heterocycles. The van der Waals surface area contributed by atoms with Gasteiger partial charge in [0.15, 0.2) is 0 Å². The zero-order valence-corrected chi connectivity index (χ0v) is 19.3. The van der Waals surface area contributed by atoms with Crippen LogP contribution in [0.1, 0.15) is 31.1 Å². The molecule has 2 aliphatic rings. The number of pyridine rings is 2. The number of rotatable bonds is 2. The van der Waals surface area contributed by atoms with E-state index >= 15 is 0 Å². The van der Waals surface area contributed by atoms with Crippen LogP contribution in [0.15, 0.2) is 35.1 Å². The van der Waals surface area contributed by atoms with Gasteiger partial charge in [0, 0.05) is 32.2 Å². The molecule has 170 valence electrons. The standard InChI is InChI=1S/C24H23ClFN5O2/c1-13-10-31-17(11-30(13)14(2)15-4-6-19(26)18(25)8-15)12-33-23-22(31)21-20(29(3)24(23)32)7-5-16(9-27)28-21/h4-8,13-14,17H,10-12H2,1-3H3/t13-,14-,17+/m1/s1. The van der Waals surface area contributed by atoms with Crippen LogP contribution in [0.3, 0.4) is 0 Å². The van der Waals surface area contributed by atoms with Crippen molar-refractivity contribution in [1.82, 2.24) is 14.5 Å². The maximum absolute atomic E-state index is 13.7. The summed E-state index contributed by atoms with van der Waals surface area (Å²) in [7, 11) is 1.68. The Morgan fingerprint density at radius 3 is 2.82 bits per heavy atom. The minimum absolute atomic E-state index is 0.00471. The maximum Gasteiger partial charge on any atom is 0.295 e. The Kier molecular flexibility index (Phi) is 5.26. The number of nitriles is 1. The summed E-state index contributed by atoms with van der Waals surface area (Å²) < 4.78 is 21.2. The minimum atomic E-state index is -0.430. The SMILES string of the molecule is C[C@@H]1CN2c3c(c(=O)n(C)c4ccc(C#N)nc34)OC[C@@H]2CN1[C@H](C)c1ccc(F)c(Cl)c1. The maximum atomic E-state index is 13.7. The molecule has 0 radical (unpaired) electrons. The van der Waals surface area contributed by atoms with Crippen molar-refractivity contribution in [1.29, 1.82) is 5.26 Å². The van der Waals surface area contributed by atoms with Gasteiger partial charge in [0.1, 0.15) is 35.4 Å². The number of aromatic nitrogens is 2. The highest BCUT2D eigenvalue weighted by Gasteiger charge is 2.40. The van der Waals surface area contributed by atoms with Gasteiger partial charge in [-0.15, -0.1) is 0 Å². The normalized spacial score (nSPS) is 21.2. The van der Waals surface area contributed by atoms with Crippen LogP contribution in [-0.4, -0.2) is 46.2 Å². The lowest BCUT2D eigenvalue weighted by molar-refractivity contribution is 0.0917. The van der Waals surface area contributed by atoms with Gasteiger partial charge in [0.2, 0.25) is 5.75 Å². The first-order chi connectivity index (χ1) is 15.8. The van der Waals surface area contributed by atoms with E-state index in [-0.39, 0.29) is 34.5 Å². The Labute approximate surface area is 195 Å². The quantitative estimate of drug-likeness (QED) is 0.573. The Bertz CT molecular complexity index is 1370. The molecule has 0 aliphatic carbocycles. The Balaban J connectivity index is 1.55. The highest BCUT2D eigenvalue weighted by Crippen LogP contribution is 2.40. The third-order valence-electron chi connectivity index (χ3n) is 6.81. The molecule has 0 bridgehead atoms. The van der Waals surface area contributed by atoms with Gasteiger partial charge in [-0.05, 0) is 43.7 Å². The predicted octanol–water partition coefficient (Wildman–Crippen LogP) is 3.63. The Morgan fingerprint density at radius 2 is 2.09 bits per heavy atom. The number of halogens is 2. The van der Waals surface area contributed by atoms with E-state index < -0.39 is 5.82 Å². The lowest BCUT2D eigenvalue weighted by Gasteiger charge is -2.50. The molecule has 3 aromatic rings. The number of anilines is 1. The van der Waals surface area contributed by atoms with Crippen LogP contribution >= 0.6 is 11.6 Å². The van der Waals surface area contributed by atoms with Gasteiger partial charge in [-0.25, -0.2) is 9.37 Å². The molecule has 2 aromatic heterocycles. The van der Waals surface area contributed by atoms with Gasteiger partial charge < -0.3 is 14.2 Å². The molecule has 1 aromatic carbocycles. The third-order valence-corrected chi connectivity index (χ3v) is 7.10. The number of nitrogens with zero attached hydrogens (tertiary/aromatic N) is 5. The average Bonchev–Trinajstić information content (AvgIpc) is 2.82. The summed E-state index contributed by atoms with van der Waals surface area (Å²) >= 11 is 6.02. The second-order valence-electron chi connectivity index (χ2n) is 8.73. The fourth-order valence-corrected chi connectivity index (χ4v) is 5.18. The summed E-state index contributed by atoms with van der Waals surface area (Å²) in [5.41, 5.74) is 2.93. The largest absolute Gasteiger partial charge is 0.484 e. The molecule has 7 nitrogen and oxygen atoms in total. The van der Waals surface area contributed by atoms with E-state index in [2.05, 4.69) is 34.7 Å². The van der Waals surface area contributed by atoms with Crippen molar-refractivity contribution < 1.29 is 9.13 Å². The first-order valence-electron chi connectivity index (χ1n) is 10.8. The lowest BCUT2D eigenvalue weighted by atomic mass is 9.98. The van der Waals surface area contributed by atoms with Gasteiger partial charge in [0.05, 0.1) is 16.6 Å². The fourth-order valence-electron chi connectivity index (χ4n) is 4.99. The number of hydrogen-bond acceptors (Lipinski definition) is 6. The summed E-state index contributed by atoms with van der Waals surface area (Å²) in [4.78, 5) is 22.1. The molecule has 0 unspecified atom stereocenters. The first kappa shape index (κ1) is 21.7. The van der Waals surface area contributed by atoms with E-state index in [1.165, 1.54) is 10.6 Å². The van der Waals surface area contributed by atoms with Gasteiger partial charge in [-0.1, -0.05) is 17.7 Å². The van der Waals surface area contributed by atoms with Gasteiger partial charge >= 0.3 is 0 Å². The van der Waals surface area contributed by atoms with Gasteiger partial charge in [-0.3, -0.25) is 9.69 Å². The molecule has 2 aliphatic heterocycles. The number of ether oxygens (including phenoxy) is 1. The predicted molar refractivity (Wildman–Crippen MR) is 124 cm³/mol. The van der Waals surface area contributed by atoms with E-state index in [0.29, 0.717) is 42.1 Å². The molecule has 5 rings (SSSR count). The highest BCUT2D eigenvalue weighted by atomic mass is 35.5. The van der Waals surface area contributed by atoms with Crippen LogP contribution in [0, 0.1) is 17.1 Å². The van der Waals surface area contributed by atoms with Gasteiger partial charge in [0.25, 0.3) is 5.56 Å². The molecule has 0 saturated carbocycles. The molecule has 9 heteroatoms. The summed E-state index contributed by atoms with van der Waals surface area (Å²) in [6.07, 6.45) is 0. The topological polar surface area (TPSA) is 74.4 Å². The van der Waals surface area contributed by atoms with E-state index in [9.17, 15) is 14.4 Å². The van der Waals surface area contributed by atoms with Crippen molar-refractivity contribution >= 4 is 28.3 Å². The minimum Gasteiger partial charge on any atom is -0.484 e. The molecule has 33 heavy (non-hydrogen) atoms. The Morgan fingerprint density at radius 1 is 1.30 bits per heavy atom. The van der Waals surface area contributed by atoms with E-state index in [0.717, 1.165) is 5.56 Å². The number of benzene rings is 1. The number of hydrogen-bond donors (Lipinski definition) is 0. The zero-order valence-electron chi connectivity index (χ0n) is 18.5. The van der Waals surface area contributed by atoms with E-state index in [1.54, 1.807) is 31.3 Å². The van der Waals surface area contributed by atoms with E-state index in [1.807, 2.05) is 0 Å². The average molecular weight is 468 g/mol. The summed E-state index contributed by atoms with van der Waals surface area (Å²) in [5, 5.41) is 9.49. The number of piperazine rings is 1. The van der Waals surface area contributed by atoms with Crippen molar-refractivity contribution in [3.8, 4) is 11.8 Å². The zero-order chi connectivity index (χ0) is 23.4. The fraction of sp³-hybridized carbons (Fsp3) is 0.375. The smallest absolute Gasteiger partial charge is 0.295 e. The first-order valence-corrected chi connectivity index (χ1v) is 11.2. The third kappa shape index (κ3) is 3.43. The second kappa shape index (κ2) is 8.01. The Hall–Kier alpha value is -3.15. The highest BCUT2D eigenvalue weighted by molar-refractivity contribution is 6.30. The summed E-state index contributed by atoms with van der Waals surface area (Å²) in [6.45, 7) is 5.92. The lowest BCUT2D eigenvalue weighted by Crippen LogP contribution is -2.61. The molecular formula is C24H23ClFN5O2. The van der Waals surface area contributed by atoms with Crippen LogP contribution < -0.4 is 15.2 Å². The van der Waals surface area contributed by atoms with E-state index in [4.69, 9.17) is 16.3 Å². The number of aryl methyl sites for hydroxylation is 1. The summed E-state index contributed by atoms with van der Waals surface area (Å²) in [6, 6.07) is 10.4. The van der Waals surface area contributed by atoms with Crippen LogP contribution in [0.5, 0.6) is 5.75 Å². The monoisotopic (exact) mass is 467 g/mol. The molecular weight excluding hydrogens is 445 g/mol. The van der Waals surface area contributed by atoms with Crippen molar-refractivity contribution in [2.24, 2.45) is 7.05 Å². The molecule has 0 amide bonds. The van der Waals surface area contributed by atoms with Crippen LogP contribution in [-0.2, 0) is 7.05 Å². The van der Waals surface area contributed by atoms with Crippen molar-refractivity contribution in [2.45, 2.75) is 32.0 Å². The second-order valence-corrected chi connectivity index (χ2v) is 9.14. The molecule has 0 spiro atoms. The van der Waals surface area contributed by atoms with Crippen molar-refractivity contribution in [3.05, 3.63) is 62.8 Å². The van der Waals surface area contributed by atoms with Crippen LogP contribution in [0.2, 0.25) is 5.02 Å². The summed E-state index contributed by atoms with van der Waals surface area (Å²) in [5.74, 6) is -0.150. The molecule has 0 N–H and O–H groups in total. The molecule has 3 atom stereocenters. The molecule has 4 heterocycles. The van der Waals surface area contributed by atoms with Crippen LogP contribution in [0.25, 0.3) is 11.0 Å². The number of fused-ring (bicyclic) bond motifs is 5. The van der Waals surface area contributed by atoms with Gasteiger partial charge in [-0.2, -0.15) is 5.26 Å². The van der Waals surface area contributed by atoms with Crippen molar-refractivity contribution in [2.75, 3.05) is 24.6 Å². The van der Waals surface area contributed by atoms with Crippen LogP contribution in [0.4, 0.5) is 10.1 Å². The molecule has 1 fully saturated rings. The van der Waals surface area contributed by atoms with Crippen molar-refractivity contribution in [3.63, 3.8) is 0 Å².